The standard InChI is InChI=1S/C9H15ClN4S/c1-6(2)5-15-9-12-7(10)11-8(13-9)14(3)4/h6H,5H2,1-4H3. The topological polar surface area (TPSA) is 41.9 Å². The van der Waals surface area contributed by atoms with Crippen LogP contribution in [0.3, 0.4) is 0 Å². The maximum atomic E-state index is 5.81. The minimum atomic E-state index is 0.250. The van der Waals surface area contributed by atoms with Gasteiger partial charge in [-0.05, 0) is 17.5 Å². The fourth-order valence-corrected chi connectivity index (χ4v) is 1.81. The first kappa shape index (κ1) is 12.5. The molecule has 0 saturated carbocycles. The van der Waals surface area contributed by atoms with E-state index in [1.54, 1.807) is 11.8 Å². The van der Waals surface area contributed by atoms with E-state index in [2.05, 4.69) is 28.8 Å². The number of rotatable bonds is 4. The molecule has 0 radical (unpaired) electrons. The highest BCUT2D eigenvalue weighted by Crippen LogP contribution is 2.19. The minimum Gasteiger partial charge on any atom is -0.347 e. The summed E-state index contributed by atoms with van der Waals surface area (Å²) in [5, 5.41) is 0.937. The Morgan fingerprint density at radius 2 is 1.93 bits per heavy atom. The number of hydrogen-bond acceptors (Lipinski definition) is 5. The summed E-state index contributed by atoms with van der Waals surface area (Å²) in [6, 6.07) is 0. The van der Waals surface area contributed by atoms with Gasteiger partial charge in [0, 0.05) is 19.8 Å². The Bertz CT molecular complexity index is 330. The summed E-state index contributed by atoms with van der Waals surface area (Å²) < 4.78 is 0. The molecule has 0 N–H and O–H groups in total. The molecule has 0 saturated heterocycles. The van der Waals surface area contributed by atoms with Crippen LogP contribution in [0.2, 0.25) is 5.28 Å². The molecule has 0 fully saturated rings. The maximum absolute atomic E-state index is 5.81. The number of nitrogens with zero attached hydrogens (tertiary/aromatic N) is 4. The van der Waals surface area contributed by atoms with Crippen LogP contribution in [0, 0.1) is 5.92 Å². The van der Waals surface area contributed by atoms with Crippen molar-refractivity contribution in [3.8, 4) is 0 Å². The molecule has 0 amide bonds. The summed E-state index contributed by atoms with van der Waals surface area (Å²) in [4.78, 5) is 14.2. The molecule has 6 heteroatoms. The van der Waals surface area contributed by atoms with Crippen molar-refractivity contribution in [2.24, 2.45) is 5.92 Å². The predicted molar refractivity (Wildman–Crippen MR) is 64.7 cm³/mol. The van der Waals surface area contributed by atoms with Crippen LogP contribution < -0.4 is 4.90 Å². The zero-order valence-electron chi connectivity index (χ0n) is 9.36. The highest BCUT2D eigenvalue weighted by Gasteiger charge is 2.07. The van der Waals surface area contributed by atoms with E-state index in [0.29, 0.717) is 17.0 Å². The number of anilines is 1. The lowest BCUT2D eigenvalue weighted by molar-refractivity contribution is 0.746. The fraction of sp³-hybridized carbons (Fsp3) is 0.667. The van der Waals surface area contributed by atoms with Gasteiger partial charge in [0.15, 0.2) is 5.16 Å². The quantitative estimate of drug-likeness (QED) is 0.763. The van der Waals surface area contributed by atoms with Gasteiger partial charge in [-0.1, -0.05) is 25.6 Å². The molecular formula is C9H15ClN4S. The Hall–Kier alpha value is -0.550. The molecule has 0 atom stereocenters. The zero-order chi connectivity index (χ0) is 11.4. The number of hydrogen-bond donors (Lipinski definition) is 0. The monoisotopic (exact) mass is 246 g/mol. The van der Waals surface area contributed by atoms with Crippen molar-refractivity contribution in [1.29, 1.82) is 0 Å². The molecule has 84 valence electrons. The van der Waals surface area contributed by atoms with Gasteiger partial charge in [0.2, 0.25) is 11.2 Å². The third kappa shape index (κ3) is 4.22. The third-order valence-corrected chi connectivity index (χ3v) is 2.96. The van der Waals surface area contributed by atoms with Gasteiger partial charge < -0.3 is 4.90 Å². The largest absolute Gasteiger partial charge is 0.347 e. The van der Waals surface area contributed by atoms with E-state index in [1.807, 2.05) is 19.0 Å². The van der Waals surface area contributed by atoms with Gasteiger partial charge in [0.05, 0.1) is 0 Å². The maximum Gasteiger partial charge on any atom is 0.230 e. The van der Waals surface area contributed by atoms with Crippen molar-refractivity contribution in [1.82, 2.24) is 15.0 Å². The van der Waals surface area contributed by atoms with Gasteiger partial charge in [-0.25, -0.2) is 0 Å². The molecule has 0 spiro atoms. The Labute approximate surface area is 99.5 Å². The van der Waals surface area contributed by atoms with E-state index in [4.69, 9.17) is 11.6 Å². The lowest BCUT2D eigenvalue weighted by Gasteiger charge is -2.11. The van der Waals surface area contributed by atoms with Crippen molar-refractivity contribution in [2.75, 3.05) is 24.7 Å². The predicted octanol–water partition coefficient (Wildman–Crippen LogP) is 2.34. The molecule has 1 heterocycles. The molecule has 1 rings (SSSR count). The van der Waals surface area contributed by atoms with Crippen LogP contribution >= 0.6 is 23.4 Å². The summed E-state index contributed by atoms with van der Waals surface area (Å²) in [5.74, 6) is 2.18. The number of thioether (sulfide) groups is 1. The first-order valence-corrected chi connectivity index (χ1v) is 6.07. The first-order chi connectivity index (χ1) is 6.99. The molecule has 0 unspecified atom stereocenters. The molecule has 0 aliphatic carbocycles. The Kier molecular flexibility index (Phi) is 4.60. The molecule has 0 aliphatic rings. The summed E-state index contributed by atoms with van der Waals surface area (Å²) in [6.45, 7) is 4.31. The fourth-order valence-electron chi connectivity index (χ4n) is 0.828. The zero-order valence-corrected chi connectivity index (χ0v) is 10.9. The normalized spacial score (nSPS) is 10.8. The van der Waals surface area contributed by atoms with E-state index >= 15 is 0 Å². The molecule has 15 heavy (non-hydrogen) atoms. The molecule has 1 aromatic rings. The van der Waals surface area contributed by atoms with Gasteiger partial charge >= 0.3 is 0 Å². The smallest absolute Gasteiger partial charge is 0.230 e. The second-order valence-corrected chi connectivity index (χ2v) is 5.11. The molecule has 1 aromatic heterocycles. The van der Waals surface area contributed by atoms with Crippen LogP contribution in [0.1, 0.15) is 13.8 Å². The highest BCUT2D eigenvalue weighted by molar-refractivity contribution is 7.99. The van der Waals surface area contributed by atoms with E-state index in [0.717, 1.165) is 5.75 Å². The average molecular weight is 247 g/mol. The van der Waals surface area contributed by atoms with E-state index in [1.165, 1.54) is 0 Å². The van der Waals surface area contributed by atoms with Gasteiger partial charge in [0.25, 0.3) is 0 Å². The number of halogens is 1. The van der Waals surface area contributed by atoms with Crippen LogP contribution in [0.15, 0.2) is 5.16 Å². The van der Waals surface area contributed by atoms with Crippen molar-refractivity contribution in [3.05, 3.63) is 5.28 Å². The molecule has 0 aliphatic heterocycles. The van der Waals surface area contributed by atoms with Crippen molar-refractivity contribution in [2.45, 2.75) is 19.0 Å². The average Bonchev–Trinajstić information content (AvgIpc) is 2.13. The first-order valence-electron chi connectivity index (χ1n) is 4.70. The van der Waals surface area contributed by atoms with Crippen molar-refractivity contribution >= 4 is 29.3 Å². The Morgan fingerprint density at radius 3 is 2.47 bits per heavy atom. The summed E-state index contributed by atoms with van der Waals surface area (Å²) in [7, 11) is 3.76. The van der Waals surface area contributed by atoms with E-state index < -0.39 is 0 Å². The van der Waals surface area contributed by atoms with Gasteiger partial charge in [-0.2, -0.15) is 15.0 Å². The third-order valence-electron chi connectivity index (χ3n) is 1.52. The SMILES string of the molecule is CC(C)CSc1nc(Cl)nc(N(C)C)n1. The summed E-state index contributed by atoms with van der Waals surface area (Å²) in [6.07, 6.45) is 0. The Morgan fingerprint density at radius 1 is 1.27 bits per heavy atom. The lowest BCUT2D eigenvalue weighted by Crippen LogP contribution is -2.14. The van der Waals surface area contributed by atoms with E-state index in [-0.39, 0.29) is 5.28 Å². The van der Waals surface area contributed by atoms with Gasteiger partial charge in [-0.3, -0.25) is 0 Å². The molecule has 4 nitrogen and oxygen atoms in total. The van der Waals surface area contributed by atoms with Crippen LogP contribution in [0.25, 0.3) is 0 Å². The summed E-state index contributed by atoms with van der Waals surface area (Å²) >= 11 is 7.41. The van der Waals surface area contributed by atoms with Crippen LogP contribution in [0.5, 0.6) is 0 Å². The van der Waals surface area contributed by atoms with Crippen LogP contribution in [0.4, 0.5) is 5.95 Å². The number of aromatic nitrogens is 3. The van der Waals surface area contributed by atoms with Crippen molar-refractivity contribution in [3.63, 3.8) is 0 Å². The molecule has 0 bridgehead atoms. The van der Waals surface area contributed by atoms with Crippen molar-refractivity contribution < 1.29 is 0 Å². The summed E-state index contributed by atoms with van der Waals surface area (Å²) in [5.41, 5.74) is 0. The van der Waals surface area contributed by atoms with Gasteiger partial charge in [-0.15, -0.1) is 0 Å². The van der Waals surface area contributed by atoms with Crippen LogP contribution in [-0.2, 0) is 0 Å². The minimum absolute atomic E-state index is 0.250. The van der Waals surface area contributed by atoms with E-state index in [9.17, 15) is 0 Å². The van der Waals surface area contributed by atoms with Crippen LogP contribution in [-0.4, -0.2) is 34.8 Å². The highest BCUT2D eigenvalue weighted by atomic mass is 35.5. The lowest BCUT2D eigenvalue weighted by atomic mass is 10.3. The molecule has 0 aromatic carbocycles. The molecular weight excluding hydrogens is 232 g/mol. The second kappa shape index (κ2) is 5.51. The second-order valence-electron chi connectivity index (χ2n) is 3.79. The Balaban J connectivity index is 2.79. The van der Waals surface area contributed by atoms with Gasteiger partial charge in [0.1, 0.15) is 0 Å².